The molecule has 1 aromatic rings. The molecule has 0 aliphatic heterocycles. The quantitative estimate of drug-likeness (QED) is 0.790. The Kier molecular flexibility index (Phi) is 6.08. The molecule has 1 amide bonds. The van der Waals surface area contributed by atoms with E-state index in [2.05, 4.69) is 18.3 Å². The summed E-state index contributed by atoms with van der Waals surface area (Å²) in [6, 6.07) is 8.09. The first-order valence-electron chi connectivity index (χ1n) is 7.09. The van der Waals surface area contributed by atoms with Gasteiger partial charge in [-0.15, -0.1) is 11.8 Å². The fourth-order valence-corrected chi connectivity index (χ4v) is 2.59. The third kappa shape index (κ3) is 5.17. The third-order valence-corrected chi connectivity index (χ3v) is 4.51. The number of carbonyl (C=O) groups is 1. The molecule has 0 aliphatic carbocycles. The van der Waals surface area contributed by atoms with Gasteiger partial charge >= 0.3 is 0 Å². The minimum Gasteiger partial charge on any atom is -0.350 e. The van der Waals surface area contributed by atoms with Gasteiger partial charge in [0.1, 0.15) is 0 Å². The molecule has 0 spiro atoms. The van der Waals surface area contributed by atoms with Gasteiger partial charge in [-0.05, 0) is 51.8 Å². The second kappa shape index (κ2) is 7.14. The zero-order valence-corrected chi connectivity index (χ0v) is 13.9. The molecule has 0 aromatic heterocycles. The lowest BCUT2D eigenvalue weighted by atomic mass is 10.0. The molecule has 3 nitrogen and oxygen atoms in total. The number of thioether (sulfide) groups is 1. The van der Waals surface area contributed by atoms with E-state index in [0.29, 0.717) is 0 Å². The molecule has 4 heteroatoms. The van der Waals surface area contributed by atoms with E-state index >= 15 is 0 Å². The molecular weight excluding hydrogens is 268 g/mol. The number of hydrogen-bond donors (Lipinski definition) is 2. The maximum Gasteiger partial charge on any atom is 0.233 e. The van der Waals surface area contributed by atoms with E-state index in [1.165, 1.54) is 0 Å². The van der Waals surface area contributed by atoms with Crippen molar-refractivity contribution >= 4 is 17.7 Å². The Balaban J connectivity index is 2.68. The highest BCUT2D eigenvalue weighted by Crippen LogP contribution is 2.26. The topological polar surface area (TPSA) is 55.1 Å². The largest absolute Gasteiger partial charge is 0.350 e. The van der Waals surface area contributed by atoms with Crippen LogP contribution in [0.15, 0.2) is 29.2 Å². The van der Waals surface area contributed by atoms with Gasteiger partial charge in [0.2, 0.25) is 5.91 Å². The zero-order chi connectivity index (χ0) is 15.3. The molecule has 0 heterocycles. The Morgan fingerprint density at radius 3 is 2.60 bits per heavy atom. The molecule has 20 heavy (non-hydrogen) atoms. The highest BCUT2D eigenvalue weighted by Gasteiger charge is 2.22. The summed E-state index contributed by atoms with van der Waals surface area (Å²) in [5.41, 5.74) is 6.83. The van der Waals surface area contributed by atoms with Crippen molar-refractivity contribution in [3.63, 3.8) is 0 Å². The Labute approximate surface area is 126 Å². The first-order valence-corrected chi connectivity index (χ1v) is 7.97. The van der Waals surface area contributed by atoms with Crippen LogP contribution in [0.4, 0.5) is 0 Å². The molecule has 0 radical (unpaired) electrons. The highest BCUT2D eigenvalue weighted by molar-refractivity contribution is 8.00. The Hall–Kier alpha value is -1.00. The van der Waals surface area contributed by atoms with Gasteiger partial charge in [0.25, 0.3) is 0 Å². The van der Waals surface area contributed by atoms with E-state index < -0.39 is 0 Å². The summed E-state index contributed by atoms with van der Waals surface area (Å²) in [6.45, 7) is 10.1. The molecule has 0 bridgehead atoms. The van der Waals surface area contributed by atoms with Crippen LogP contribution >= 0.6 is 11.8 Å². The number of nitrogens with two attached hydrogens (primary N) is 1. The van der Waals surface area contributed by atoms with Crippen LogP contribution in [-0.2, 0) is 4.79 Å². The predicted molar refractivity (Wildman–Crippen MR) is 86.9 cm³/mol. The fraction of sp³-hybridized carbons (Fsp3) is 0.562. The molecule has 0 saturated carbocycles. The Bertz CT molecular complexity index is 458. The van der Waals surface area contributed by atoms with Crippen molar-refractivity contribution < 1.29 is 4.79 Å². The monoisotopic (exact) mass is 294 g/mol. The maximum atomic E-state index is 12.2. The summed E-state index contributed by atoms with van der Waals surface area (Å²) in [7, 11) is 0. The van der Waals surface area contributed by atoms with Crippen LogP contribution in [0, 0.1) is 0 Å². The van der Waals surface area contributed by atoms with Gasteiger partial charge in [-0.25, -0.2) is 0 Å². The lowest BCUT2D eigenvalue weighted by molar-refractivity contribution is -0.121. The van der Waals surface area contributed by atoms with Gasteiger partial charge in [0, 0.05) is 16.5 Å². The van der Waals surface area contributed by atoms with Crippen LogP contribution in [-0.4, -0.2) is 16.7 Å². The van der Waals surface area contributed by atoms with Crippen LogP contribution in [0.1, 0.15) is 52.6 Å². The lowest BCUT2D eigenvalue weighted by Crippen LogP contribution is -2.46. The average molecular weight is 294 g/mol. The van der Waals surface area contributed by atoms with E-state index in [1.54, 1.807) is 11.8 Å². The van der Waals surface area contributed by atoms with Crippen molar-refractivity contribution in [3.05, 3.63) is 29.8 Å². The predicted octanol–water partition coefficient (Wildman–Crippen LogP) is 3.49. The zero-order valence-electron chi connectivity index (χ0n) is 13.1. The molecule has 3 N–H and O–H groups in total. The number of benzene rings is 1. The second-order valence-electron chi connectivity index (χ2n) is 5.85. The van der Waals surface area contributed by atoms with E-state index in [9.17, 15) is 4.79 Å². The van der Waals surface area contributed by atoms with Crippen LogP contribution in [0.5, 0.6) is 0 Å². The molecule has 1 aromatic carbocycles. The molecule has 0 saturated heterocycles. The minimum atomic E-state index is -0.153. The lowest BCUT2D eigenvalue weighted by Gasteiger charge is -2.26. The third-order valence-electron chi connectivity index (χ3n) is 3.41. The number of hydrogen-bond acceptors (Lipinski definition) is 3. The van der Waals surface area contributed by atoms with Gasteiger partial charge in [-0.1, -0.05) is 19.1 Å². The molecular formula is C16H26N2OS. The van der Waals surface area contributed by atoms with Crippen LogP contribution in [0.3, 0.4) is 0 Å². The fourth-order valence-electron chi connectivity index (χ4n) is 1.65. The normalized spacial score (nSPS) is 14.7. The Morgan fingerprint density at radius 2 is 2.05 bits per heavy atom. The maximum absolute atomic E-state index is 12.2. The van der Waals surface area contributed by atoms with Crippen molar-refractivity contribution in [2.45, 2.75) is 62.8 Å². The smallest absolute Gasteiger partial charge is 0.233 e. The molecule has 1 rings (SSSR count). The van der Waals surface area contributed by atoms with Crippen molar-refractivity contribution in [1.29, 1.82) is 0 Å². The number of rotatable bonds is 6. The number of nitrogens with one attached hydrogen (secondary N) is 1. The van der Waals surface area contributed by atoms with Crippen LogP contribution in [0.25, 0.3) is 0 Å². The summed E-state index contributed by atoms with van der Waals surface area (Å²) >= 11 is 1.57. The van der Waals surface area contributed by atoms with Gasteiger partial charge in [0.05, 0.1) is 5.25 Å². The summed E-state index contributed by atoms with van der Waals surface area (Å²) in [5, 5.41) is 2.96. The van der Waals surface area contributed by atoms with E-state index in [0.717, 1.165) is 16.9 Å². The van der Waals surface area contributed by atoms with Gasteiger partial charge in [-0.3, -0.25) is 4.79 Å². The summed E-state index contributed by atoms with van der Waals surface area (Å²) in [4.78, 5) is 13.3. The molecule has 2 unspecified atom stereocenters. The van der Waals surface area contributed by atoms with Gasteiger partial charge in [0.15, 0.2) is 0 Å². The van der Waals surface area contributed by atoms with E-state index in [4.69, 9.17) is 5.73 Å². The Morgan fingerprint density at radius 1 is 1.40 bits per heavy atom. The van der Waals surface area contributed by atoms with Crippen molar-refractivity contribution in [1.82, 2.24) is 5.32 Å². The van der Waals surface area contributed by atoms with E-state index in [-0.39, 0.29) is 22.7 Å². The molecule has 0 aliphatic rings. The van der Waals surface area contributed by atoms with Crippen LogP contribution < -0.4 is 11.1 Å². The summed E-state index contributed by atoms with van der Waals surface area (Å²) < 4.78 is 0. The number of carbonyl (C=O) groups excluding carboxylic acids is 1. The first kappa shape index (κ1) is 17.1. The van der Waals surface area contributed by atoms with Crippen molar-refractivity contribution in [2.24, 2.45) is 5.73 Å². The first-order chi connectivity index (χ1) is 9.25. The van der Waals surface area contributed by atoms with E-state index in [1.807, 2.05) is 45.9 Å². The van der Waals surface area contributed by atoms with Gasteiger partial charge < -0.3 is 11.1 Å². The van der Waals surface area contributed by atoms with Crippen LogP contribution in [0.2, 0.25) is 0 Å². The van der Waals surface area contributed by atoms with Crippen molar-refractivity contribution in [3.8, 4) is 0 Å². The average Bonchev–Trinajstić information content (AvgIpc) is 2.38. The number of amides is 1. The van der Waals surface area contributed by atoms with Crippen molar-refractivity contribution in [2.75, 3.05) is 0 Å². The molecule has 0 fully saturated rings. The minimum absolute atomic E-state index is 0.0127. The summed E-state index contributed by atoms with van der Waals surface area (Å²) in [6.07, 6.45) is 0.913. The second-order valence-corrected chi connectivity index (χ2v) is 7.26. The molecule has 2 atom stereocenters. The summed E-state index contributed by atoms with van der Waals surface area (Å²) in [5.74, 6) is 0.0769. The van der Waals surface area contributed by atoms with Gasteiger partial charge in [-0.2, -0.15) is 0 Å². The standard InChI is InChI=1S/C16H26N2OS/c1-6-16(4,5)18-15(19)12(3)20-14-9-7-8-13(10-14)11(2)17/h7-12H,6,17H2,1-5H3,(H,18,19). The molecule has 112 valence electrons. The highest BCUT2D eigenvalue weighted by atomic mass is 32.2. The SMILES string of the molecule is CCC(C)(C)NC(=O)C(C)Sc1cccc(C(C)N)c1.